The zero-order chi connectivity index (χ0) is 11.3. The maximum Gasteiger partial charge on any atom is 0.272 e. The number of nitro groups is 1. The van der Waals surface area contributed by atoms with Crippen molar-refractivity contribution >= 4 is 5.69 Å². The van der Waals surface area contributed by atoms with Crippen molar-refractivity contribution in [3.8, 4) is 17.6 Å². The molecule has 0 fully saturated rings. The van der Waals surface area contributed by atoms with Crippen LogP contribution in [0, 0.1) is 27.8 Å². The van der Waals surface area contributed by atoms with Crippen LogP contribution in [0.2, 0.25) is 0 Å². The van der Waals surface area contributed by atoms with Gasteiger partial charge in [-0.05, 0) is 13.0 Å². The summed E-state index contributed by atoms with van der Waals surface area (Å²) in [6.07, 6.45) is 0. The standard InChI is InChI=1S/C10H8FNO3/c1-2-3-6-15-10-5-4-8(12(13)14)7-9(10)11/h4-5,7H,6H2,1H3. The van der Waals surface area contributed by atoms with Crippen LogP contribution in [-0.4, -0.2) is 11.5 Å². The van der Waals surface area contributed by atoms with Crippen LogP contribution in [0.4, 0.5) is 10.1 Å². The van der Waals surface area contributed by atoms with Crippen LogP contribution in [0.3, 0.4) is 0 Å². The molecule has 5 heteroatoms. The Morgan fingerprint density at radius 3 is 2.87 bits per heavy atom. The molecule has 0 aliphatic carbocycles. The van der Waals surface area contributed by atoms with E-state index in [1.807, 2.05) is 0 Å². The zero-order valence-corrected chi connectivity index (χ0v) is 7.99. The summed E-state index contributed by atoms with van der Waals surface area (Å²) in [7, 11) is 0. The Morgan fingerprint density at radius 2 is 2.33 bits per heavy atom. The maximum atomic E-state index is 13.2. The number of non-ortho nitro benzene ring substituents is 1. The minimum Gasteiger partial charge on any atom is -0.478 e. The van der Waals surface area contributed by atoms with Gasteiger partial charge in [0, 0.05) is 6.07 Å². The van der Waals surface area contributed by atoms with E-state index in [0.717, 1.165) is 6.07 Å². The fourth-order valence-corrected chi connectivity index (χ4v) is 0.906. The molecule has 0 aromatic heterocycles. The Bertz CT molecular complexity index is 434. The van der Waals surface area contributed by atoms with Crippen molar-refractivity contribution in [2.75, 3.05) is 6.61 Å². The van der Waals surface area contributed by atoms with Gasteiger partial charge in [-0.1, -0.05) is 5.92 Å². The molecule has 0 saturated carbocycles. The van der Waals surface area contributed by atoms with Gasteiger partial charge in [-0.3, -0.25) is 10.1 Å². The molecule has 78 valence electrons. The number of nitro benzene ring substituents is 1. The Balaban J connectivity index is 2.82. The molecule has 0 aliphatic heterocycles. The highest BCUT2D eigenvalue weighted by Gasteiger charge is 2.10. The molecule has 0 amide bonds. The van der Waals surface area contributed by atoms with Crippen molar-refractivity contribution < 1.29 is 14.1 Å². The minimum atomic E-state index is -0.762. The van der Waals surface area contributed by atoms with Gasteiger partial charge in [0.2, 0.25) is 0 Å². The SMILES string of the molecule is CC#CCOc1ccc([N+](=O)[O-])cc1F. The Kier molecular flexibility index (Phi) is 3.63. The quantitative estimate of drug-likeness (QED) is 0.435. The summed E-state index contributed by atoms with van der Waals surface area (Å²) in [5.74, 6) is 4.37. The van der Waals surface area contributed by atoms with E-state index < -0.39 is 10.7 Å². The van der Waals surface area contributed by atoms with Crippen molar-refractivity contribution in [2.24, 2.45) is 0 Å². The van der Waals surface area contributed by atoms with E-state index in [0.29, 0.717) is 0 Å². The van der Waals surface area contributed by atoms with Crippen LogP contribution < -0.4 is 4.74 Å². The fraction of sp³-hybridized carbons (Fsp3) is 0.200. The Morgan fingerprint density at radius 1 is 1.60 bits per heavy atom. The van der Waals surface area contributed by atoms with Crippen LogP contribution in [0.1, 0.15) is 6.92 Å². The third kappa shape index (κ3) is 2.95. The van der Waals surface area contributed by atoms with Crippen LogP contribution in [0.25, 0.3) is 0 Å². The normalized spacial score (nSPS) is 8.93. The van der Waals surface area contributed by atoms with E-state index in [1.54, 1.807) is 6.92 Å². The molecule has 0 N–H and O–H groups in total. The van der Waals surface area contributed by atoms with Crippen LogP contribution >= 0.6 is 0 Å². The first-order valence-electron chi connectivity index (χ1n) is 4.11. The first-order valence-corrected chi connectivity index (χ1v) is 4.11. The van der Waals surface area contributed by atoms with Gasteiger partial charge in [0.15, 0.2) is 11.6 Å². The molecule has 0 radical (unpaired) electrons. The fourth-order valence-electron chi connectivity index (χ4n) is 0.906. The largest absolute Gasteiger partial charge is 0.478 e. The molecule has 0 unspecified atom stereocenters. The van der Waals surface area contributed by atoms with E-state index >= 15 is 0 Å². The number of benzene rings is 1. The second-order valence-electron chi connectivity index (χ2n) is 2.59. The molecule has 0 heterocycles. The summed E-state index contributed by atoms with van der Waals surface area (Å²) in [4.78, 5) is 9.63. The molecule has 1 rings (SSSR count). The zero-order valence-electron chi connectivity index (χ0n) is 7.99. The Hall–Kier alpha value is -2.09. The summed E-state index contributed by atoms with van der Waals surface area (Å²) in [5.41, 5.74) is -0.304. The topological polar surface area (TPSA) is 52.4 Å². The smallest absolute Gasteiger partial charge is 0.272 e. The third-order valence-corrected chi connectivity index (χ3v) is 1.60. The predicted molar refractivity (Wildman–Crippen MR) is 52.0 cm³/mol. The second kappa shape index (κ2) is 4.96. The van der Waals surface area contributed by atoms with Gasteiger partial charge in [0.1, 0.15) is 6.61 Å². The molecule has 4 nitrogen and oxygen atoms in total. The van der Waals surface area contributed by atoms with E-state index in [2.05, 4.69) is 11.8 Å². The molecule has 15 heavy (non-hydrogen) atoms. The van der Waals surface area contributed by atoms with Crippen LogP contribution in [-0.2, 0) is 0 Å². The lowest BCUT2D eigenvalue weighted by atomic mass is 10.3. The number of rotatable bonds is 3. The molecule has 0 bridgehead atoms. The lowest BCUT2D eigenvalue weighted by molar-refractivity contribution is -0.385. The minimum absolute atomic E-state index is 0.0386. The summed E-state index contributed by atoms with van der Waals surface area (Å²) in [5, 5.41) is 10.3. The van der Waals surface area contributed by atoms with Crippen molar-refractivity contribution in [3.63, 3.8) is 0 Å². The van der Waals surface area contributed by atoms with Crippen LogP contribution in [0.15, 0.2) is 18.2 Å². The third-order valence-electron chi connectivity index (χ3n) is 1.60. The molecular formula is C10H8FNO3. The van der Waals surface area contributed by atoms with Crippen molar-refractivity contribution in [3.05, 3.63) is 34.1 Å². The molecule has 1 aromatic rings. The first kappa shape index (κ1) is 11.0. The Labute approximate surface area is 85.8 Å². The van der Waals surface area contributed by atoms with Gasteiger partial charge in [0.25, 0.3) is 5.69 Å². The van der Waals surface area contributed by atoms with Crippen molar-refractivity contribution in [1.29, 1.82) is 0 Å². The van der Waals surface area contributed by atoms with Gasteiger partial charge in [-0.2, -0.15) is 0 Å². The summed E-state index contributed by atoms with van der Waals surface area (Å²) < 4.78 is 18.1. The highest BCUT2D eigenvalue weighted by Crippen LogP contribution is 2.22. The molecule has 0 saturated heterocycles. The number of hydrogen-bond acceptors (Lipinski definition) is 3. The molecule has 0 atom stereocenters. The average molecular weight is 209 g/mol. The summed E-state index contributed by atoms with van der Waals surface area (Å²) >= 11 is 0. The molecular weight excluding hydrogens is 201 g/mol. The predicted octanol–water partition coefficient (Wildman–Crippen LogP) is 2.14. The van der Waals surface area contributed by atoms with E-state index in [-0.39, 0.29) is 18.0 Å². The van der Waals surface area contributed by atoms with Gasteiger partial charge in [-0.25, -0.2) is 4.39 Å². The van der Waals surface area contributed by atoms with Gasteiger partial charge >= 0.3 is 0 Å². The second-order valence-corrected chi connectivity index (χ2v) is 2.59. The van der Waals surface area contributed by atoms with Crippen molar-refractivity contribution in [1.82, 2.24) is 0 Å². The van der Waals surface area contributed by atoms with Gasteiger partial charge < -0.3 is 4.74 Å². The summed E-state index contributed by atoms with van der Waals surface area (Å²) in [6, 6.07) is 3.21. The maximum absolute atomic E-state index is 13.2. The number of halogens is 1. The van der Waals surface area contributed by atoms with E-state index in [1.165, 1.54) is 12.1 Å². The van der Waals surface area contributed by atoms with Gasteiger partial charge in [0.05, 0.1) is 11.0 Å². The molecule has 0 spiro atoms. The number of hydrogen-bond donors (Lipinski definition) is 0. The highest BCUT2D eigenvalue weighted by molar-refractivity contribution is 5.37. The lowest BCUT2D eigenvalue weighted by Gasteiger charge is -2.02. The monoisotopic (exact) mass is 209 g/mol. The highest BCUT2D eigenvalue weighted by atomic mass is 19.1. The average Bonchev–Trinajstić information content (AvgIpc) is 2.20. The lowest BCUT2D eigenvalue weighted by Crippen LogP contribution is -1.97. The van der Waals surface area contributed by atoms with Crippen molar-refractivity contribution in [2.45, 2.75) is 6.92 Å². The van der Waals surface area contributed by atoms with Gasteiger partial charge in [-0.15, -0.1) is 5.92 Å². The summed E-state index contributed by atoms with van der Waals surface area (Å²) in [6.45, 7) is 1.70. The van der Waals surface area contributed by atoms with E-state index in [9.17, 15) is 14.5 Å². The number of nitrogens with zero attached hydrogens (tertiary/aromatic N) is 1. The van der Waals surface area contributed by atoms with E-state index in [4.69, 9.17) is 4.74 Å². The van der Waals surface area contributed by atoms with Crippen LogP contribution in [0.5, 0.6) is 5.75 Å². The first-order chi connectivity index (χ1) is 7.15. The molecule has 1 aromatic carbocycles. The molecule has 0 aliphatic rings. The number of ether oxygens (including phenoxy) is 1.